The van der Waals surface area contributed by atoms with Gasteiger partial charge in [0.05, 0.1) is 10.5 Å². The van der Waals surface area contributed by atoms with E-state index in [1.54, 1.807) is 6.07 Å². The molecule has 2 rings (SSSR count). The van der Waals surface area contributed by atoms with Gasteiger partial charge >= 0.3 is 0 Å². The Morgan fingerprint density at radius 1 is 1.15 bits per heavy atom. The van der Waals surface area contributed by atoms with E-state index in [0.29, 0.717) is 5.75 Å². The van der Waals surface area contributed by atoms with Gasteiger partial charge in [0.1, 0.15) is 11.6 Å². The molecule has 0 radical (unpaired) electrons. The summed E-state index contributed by atoms with van der Waals surface area (Å²) >= 11 is 0. The SMILES string of the molecule is C[C@@H](Oc1ccc(F)cc1)C(=O)NNC(=O)/C=C/c1ccccc1[N+](=O)[O-]. The monoisotopic (exact) mass is 373 g/mol. The Morgan fingerprint density at radius 2 is 1.81 bits per heavy atom. The number of rotatable bonds is 6. The van der Waals surface area contributed by atoms with Crippen molar-refractivity contribution in [2.75, 3.05) is 0 Å². The first kappa shape index (κ1) is 19.6. The van der Waals surface area contributed by atoms with E-state index in [4.69, 9.17) is 4.74 Å². The van der Waals surface area contributed by atoms with Gasteiger partial charge in [-0.05, 0) is 43.3 Å². The van der Waals surface area contributed by atoms with Gasteiger partial charge in [-0.15, -0.1) is 0 Å². The van der Waals surface area contributed by atoms with E-state index >= 15 is 0 Å². The lowest BCUT2D eigenvalue weighted by molar-refractivity contribution is -0.385. The van der Waals surface area contributed by atoms with E-state index in [-0.39, 0.29) is 11.3 Å². The van der Waals surface area contributed by atoms with Crippen LogP contribution >= 0.6 is 0 Å². The lowest BCUT2D eigenvalue weighted by atomic mass is 10.1. The van der Waals surface area contributed by atoms with Gasteiger partial charge in [0.2, 0.25) is 0 Å². The molecule has 0 aliphatic rings. The summed E-state index contributed by atoms with van der Waals surface area (Å²) in [6, 6.07) is 11.0. The summed E-state index contributed by atoms with van der Waals surface area (Å²) in [5, 5.41) is 10.9. The molecule has 0 fully saturated rings. The van der Waals surface area contributed by atoms with Crippen molar-refractivity contribution >= 4 is 23.6 Å². The van der Waals surface area contributed by atoms with E-state index in [1.807, 2.05) is 0 Å². The highest BCUT2D eigenvalue weighted by atomic mass is 19.1. The van der Waals surface area contributed by atoms with Crippen LogP contribution in [0.15, 0.2) is 54.6 Å². The Bertz CT molecular complexity index is 868. The number of hydrazine groups is 1. The first-order valence-electron chi connectivity index (χ1n) is 7.80. The molecule has 27 heavy (non-hydrogen) atoms. The summed E-state index contributed by atoms with van der Waals surface area (Å²) < 4.78 is 18.1. The highest BCUT2D eigenvalue weighted by Crippen LogP contribution is 2.18. The minimum atomic E-state index is -0.949. The van der Waals surface area contributed by atoms with E-state index in [0.717, 1.165) is 6.08 Å². The Morgan fingerprint density at radius 3 is 2.48 bits per heavy atom. The summed E-state index contributed by atoms with van der Waals surface area (Å²) in [4.78, 5) is 34.0. The number of hydrogen-bond donors (Lipinski definition) is 2. The smallest absolute Gasteiger partial charge is 0.279 e. The molecule has 8 nitrogen and oxygen atoms in total. The predicted octanol–water partition coefficient (Wildman–Crippen LogP) is 2.36. The van der Waals surface area contributed by atoms with E-state index in [1.165, 1.54) is 55.5 Å². The van der Waals surface area contributed by atoms with Gasteiger partial charge in [-0.1, -0.05) is 12.1 Å². The third kappa shape index (κ3) is 5.92. The minimum Gasteiger partial charge on any atom is -0.481 e. The van der Waals surface area contributed by atoms with Crippen molar-refractivity contribution in [1.29, 1.82) is 0 Å². The third-order valence-corrected chi connectivity index (χ3v) is 3.35. The Balaban J connectivity index is 1.86. The summed E-state index contributed by atoms with van der Waals surface area (Å²) in [6.45, 7) is 1.45. The number of benzene rings is 2. The maximum atomic E-state index is 12.8. The van der Waals surface area contributed by atoms with Crippen LogP contribution in [-0.2, 0) is 9.59 Å². The van der Waals surface area contributed by atoms with Crippen LogP contribution in [0, 0.1) is 15.9 Å². The van der Waals surface area contributed by atoms with Crippen LogP contribution in [0.1, 0.15) is 12.5 Å². The molecule has 0 aliphatic heterocycles. The second kappa shape index (κ2) is 9.09. The Hall–Kier alpha value is -3.75. The zero-order valence-corrected chi connectivity index (χ0v) is 14.2. The van der Waals surface area contributed by atoms with Gasteiger partial charge in [-0.3, -0.25) is 30.6 Å². The van der Waals surface area contributed by atoms with Crippen LogP contribution in [0.5, 0.6) is 5.75 Å². The number of nitrogens with one attached hydrogen (secondary N) is 2. The summed E-state index contributed by atoms with van der Waals surface area (Å²) in [7, 11) is 0. The zero-order chi connectivity index (χ0) is 19.8. The van der Waals surface area contributed by atoms with Crippen LogP contribution in [0.4, 0.5) is 10.1 Å². The fourth-order valence-corrected chi connectivity index (χ4v) is 2.00. The van der Waals surface area contributed by atoms with Crippen molar-refractivity contribution in [3.63, 3.8) is 0 Å². The van der Waals surface area contributed by atoms with Crippen molar-refractivity contribution in [1.82, 2.24) is 10.9 Å². The van der Waals surface area contributed by atoms with Crippen LogP contribution in [0.25, 0.3) is 6.08 Å². The van der Waals surface area contributed by atoms with Gasteiger partial charge in [0.25, 0.3) is 17.5 Å². The lowest BCUT2D eigenvalue weighted by Crippen LogP contribution is -2.46. The molecule has 2 amide bonds. The molecule has 2 aromatic rings. The lowest BCUT2D eigenvalue weighted by Gasteiger charge is -2.14. The van der Waals surface area contributed by atoms with Crippen LogP contribution in [-0.4, -0.2) is 22.8 Å². The zero-order valence-electron chi connectivity index (χ0n) is 14.2. The van der Waals surface area contributed by atoms with E-state index < -0.39 is 28.7 Å². The predicted molar refractivity (Wildman–Crippen MR) is 94.9 cm³/mol. The van der Waals surface area contributed by atoms with Crippen molar-refractivity contribution in [3.05, 3.63) is 76.1 Å². The second-order valence-electron chi connectivity index (χ2n) is 5.34. The number of halogens is 1. The summed E-state index contributed by atoms with van der Waals surface area (Å²) in [5.74, 6) is -1.46. The fraction of sp³-hybridized carbons (Fsp3) is 0.111. The average molecular weight is 373 g/mol. The molecule has 2 aromatic carbocycles. The minimum absolute atomic E-state index is 0.146. The molecule has 0 saturated carbocycles. The number of carbonyl (C=O) groups excluding carboxylic acids is 2. The third-order valence-electron chi connectivity index (χ3n) is 3.35. The molecular weight excluding hydrogens is 357 g/mol. The van der Waals surface area contributed by atoms with Crippen LogP contribution < -0.4 is 15.6 Å². The van der Waals surface area contributed by atoms with Gasteiger partial charge in [0.15, 0.2) is 6.10 Å². The van der Waals surface area contributed by atoms with Gasteiger partial charge in [0, 0.05) is 12.1 Å². The molecule has 2 N–H and O–H groups in total. The summed E-state index contributed by atoms with van der Waals surface area (Å²) in [6.07, 6.45) is 1.36. The Kier molecular flexibility index (Phi) is 6.59. The molecule has 0 aliphatic carbocycles. The first-order valence-corrected chi connectivity index (χ1v) is 7.80. The molecule has 9 heteroatoms. The van der Waals surface area contributed by atoms with Crippen molar-refractivity contribution in [2.24, 2.45) is 0 Å². The number of amides is 2. The number of nitro groups is 1. The molecule has 140 valence electrons. The van der Waals surface area contributed by atoms with Crippen LogP contribution in [0.2, 0.25) is 0 Å². The van der Waals surface area contributed by atoms with E-state index in [9.17, 15) is 24.1 Å². The van der Waals surface area contributed by atoms with E-state index in [2.05, 4.69) is 10.9 Å². The molecular formula is C18H16FN3O5. The molecule has 0 saturated heterocycles. The average Bonchev–Trinajstić information content (AvgIpc) is 2.66. The number of hydrogen-bond acceptors (Lipinski definition) is 5. The number of nitro benzene ring substituents is 1. The van der Waals surface area contributed by atoms with Crippen molar-refractivity contribution < 1.29 is 23.6 Å². The second-order valence-corrected chi connectivity index (χ2v) is 5.34. The maximum absolute atomic E-state index is 12.8. The molecule has 0 spiro atoms. The quantitative estimate of drug-likeness (QED) is 0.459. The Labute approximate surface area is 153 Å². The number of ether oxygens (including phenoxy) is 1. The fourth-order valence-electron chi connectivity index (χ4n) is 2.00. The largest absolute Gasteiger partial charge is 0.481 e. The summed E-state index contributed by atoms with van der Waals surface area (Å²) in [5.41, 5.74) is 4.41. The molecule has 0 bridgehead atoms. The number of para-hydroxylation sites is 1. The van der Waals surface area contributed by atoms with Gasteiger partial charge in [-0.2, -0.15) is 0 Å². The van der Waals surface area contributed by atoms with Crippen molar-refractivity contribution in [3.8, 4) is 5.75 Å². The number of nitrogens with zero attached hydrogens (tertiary/aromatic N) is 1. The topological polar surface area (TPSA) is 111 Å². The maximum Gasteiger partial charge on any atom is 0.279 e. The highest BCUT2D eigenvalue weighted by molar-refractivity contribution is 5.94. The normalized spacial score (nSPS) is 11.6. The standard InChI is InChI=1S/C18H16FN3O5/c1-12(27-15-9-7-14(19)8-10-15)18(24)21-20-17(23)11-6-13-4-2-3-5-16(13)22(25)26/h2-12H,1H3,(H,20,23)(H,21,24)/b11-6+/t12-/m1/s1. The van der Waals surface area contributed by atoms with Crippen molar-refractivity contribution in [2.45, 2.75) is 13.0 Å². The number of carbonyl (C=O) groups is 2. The highest BCUT2D eigenvalue weighted by Gasteiger charge is 2.15. The molecule has 0 aromatic heterocycles. The van der Waals surface area contributed by atoms with Gasteiger partial charge in [-0.25, -0.2) is 4.39 Å². The van der Waals surface area contributed by atoms with Crippen LogP contribution in [0.3, 0.4) is 0 Å². The molecule has 1 atom stereocenters. The first-order chi connectivity index (χ1) is 12.9. The molecule has 0 heterocycles. The molecule has 0 unspecified atom stereocenters. The van der Waals surface area contributed by atoms with Gasteiger partial charge < -0.3 is 4.74 Å².